The zero-order valence-electron chi connectivity index (χ0n) is 9.97. The van der Waals surface area contributed by atoms with E-state index in [-0.39, 0.29) is 0 Å². The van der Waals surface area contributed by atoms with Crippen LogP contribution in [0.3, 0.4) is 0 Å². The maximum atomic E-state index is 6.06. The number of fused-ring (bicyclic) bond motifs is 1. The molecule has 0 aliphatic heterocycles. The van der Waals surface area contributed by atoms with Crippen molar-refractivity contribution < 1.29 is 0 Å². The topological polar surface area (TPSA) is 43.8 Å². The molecule has 0 atom stereocenters. The SMILES string of the molecule is Cc1c(N)c(C)c2nc(C)n(C)c2c1C. The van der Waals surface area contributed by atoms with Gasteiger partial charge in [0.15, 0.2) is 0 Å². The molecule has 0 saturated heterocycles. The molecular formula is C12H17N3. The van der Waals surface area contributed by atoms with Crippen molar-refractivity contribution in [3.8, 4) is 0 Å². The summed E-state index contributed by atoms with van der Waals surface area (Å²) in [7, 11) is 2.05. The molecule has 0 aliphatic carbocycles. The minimum atomic E-state index is 0.873. The molecule has 2 aromatic rings. The van der Waals surface area contributed by atoms with Gasteiger partial charge in [-0.3, -0.25) is 0 Å². The fraction of sp³-hybridized carbons (Fsp3) is 0.417. The molecule has 0 bridgehead atoms. The molecule has 80 valence electrons. The molecular weight excluding hydrogens is 186 g/mol. The molecule has 1 heterocycles. The maximum absolute atomic E-state index is 6.06. The van der Waals surface area contributed by atoms with Crippen molar-refractivity contribution in [2.24, 2.45) is 7.05 Å². The van der Waals surface area contributed by atoms with Crippen LogP contribution in [0.4, 0.5) is 5.69 Å². The summed E-state index contributed by atoms with van der Waals surface area (Å²) in [6.07, 6.45) is 0. The highest BCUT2D eigenvalue weighted by Gasteiger charge is 2.14. The van der Waals surface area contributed by atoms with Crippen molar-refractivity contribution in [1.29, 1.82) is 0 Å². The zero-order valence-corrected chi connectivity index (χ0v) is 9.97. The third-order valence-electron chi connectivity index (χ3n) is 3.40. The Kier molecular flexibility index (Phi) is 2.00. The molecule has 0 aliphatic rings. The highest BCUT2D eigenvalue weighted by molar-refractivity contribution is 5.89. The van der Waals surface area contributed by atoms with E-state index in [4.69, 9.17) is 5.73 Å². The third-order valence-corrected chi connectivity index (χ3v) is 3.40. The number of imidazole rings is 1. The first-order chi connectivity index (χ1) is 6.95. The average molecular weight is 203 g/mol. The van der Waals surface area contributed by atoms with E-state index < -0.39 is 0 Å². The van der Waals surface area contributed by atoms with Crippen molar-refractivity contribution in [1.82, 2.24) is 9.55 Å². The number of nitrogens with two attached hydrogens (primary N) is 1. The highest BCUT2D eigenvalue weighted by atomic mass is 15.1. The fourth-order valence-corrected chi connectivity index (χ4v) is 2.09. The molecule has 0 unspecified atom stereocenters. The molecule has 15 heavy (non-hydrogen) atoms. The van der Waals surface area contributed by atoms with Gasteiger partial charge in [0, 0.05) is 18.3 Å². The van der Waals surface area contributed by atoms with Gasteiger partial charge < -0.3 is 10.3 Å². The van der Waals surface area contributed by atoms with Gasteiger partial charge in [-0.1, -0.05) is 0 Å². The number of rotatable bonds is 0. The lowest BCUT2D eigenvalue weighted by Gasteiger charge is -2.10. The van der Waals surface area contributed by atoms with Gasteiger partial charge >= 0.3 is 0 Å². The van der Waals surface area contributed by atoms with Gasteiger partial charge in [-0.25, -0.2) is 4.98 Å². The molecule has 2 rings (SSSR count). The number of nitrogen functional groups attached to an aromatic ring is 1. The second kappa shape index (κ2) is 2.99. The number of nitrogens with zero attached hydrogens (tertiary/aromatic N) is 2. The summed E-state index contributed by atoms with van der Waals surface area (Å²) >= 11 is 0. The van der Waals surface area contributed by atoms with Crippen molar-refractivity contribution in [2.45, 2.75) is 27.7 Å². The first kappa shape index (κ1) is 10.0. The molecule has 0 amide bonds. The number of hydrogen-bond acceptors (Lipinski definition) is 2. The quantitative estimate of drug-likeness (QED) is 0.668. The minimum Gasteiger partial charge on any atom is -0.398 e. The molecule has 3 heteroatoms. The molecule has 2 N–H and O–H groups in total. The van der Waals surface area contributed by atoms with Crippen LogP contribution >= 0.6 is 0 Å². The van der Waals surface area contributed by atoms with Crippen molar-refractivity contribution >= 4 is 16.7 Å². The predicted molar refractivity (Wildman–Crippen MR) is 64.1 cm³/mol. The van der Waals surface area contributed by atoms with Crippen LogP contribution in [-0.2, 0) is 7.05 Å². The van der Waals surface area contributed by atoms with Crippen LogP contribution in [0.5, 0.6) is 0 Å². The standard InChI is InChI=1S/C12H17N3/c1-6-7(2)12-11(8(3)10(6)13)14-9(4)15(12)5/h13H2,1-5H3. The van der Waals surface area contributed by atoms with Gasteiger partial charge in [0.05, 0.1) is 11.0 Å². The second-order valence-electron chi connectivity index (χ2n) is 4.20. The summed E-state index contributed by atoms with van der Waals surface area (Å²) in [5.74, 6) is 1.03. The normalized spacial score (nSPS) is 11.3. The van der Waals surface area contributed by atoms with Gasteiger partial charge in [0.1, 0.15) is 5.82 Å². The van der Waals surface area contributed by atoms with E-state index in [1.807, 2.05) is 20.9 Å². The van der Waals surface area contributed by atoms with E-state index in [1.165, 1.54) is 16.6 Å². The van der Waals surface area contributed by atoms with Crippen LogP contribution < -0.4 is 5.73 Å². The molecule has 0 fully saturated rings. The van der Waals surface area contributed by atoms with Crippen LogP contribution in [-0.4, -0.2) is 9.55 Å². The van der Waals surface area contributed by atoms with Crippen molar-refractivity contribution in [2.75, 3.05) is 5.73 Å². The summed E-state index contributed by atoms with van der Waals surface area (Å²) in [6, 6.07) is 0. The van der Waals surface area contributed by atoms with Gasteiger partial charge in [-0.05, 0) is 38.8 Å². The van der Waals surface area contributed by atoms with Gasteiger partial charge in [0.25, 0.3) is 0 Å². The minimum absolute atomic E-state index is 0.873. The second-order valence-corrected chi connectivity index (χ2v) is 4.20. The summed E-state index contributed by atoms with van der Waals surface area (Å²) in [4.78, 5) is 4.56. The van der Waals surface area contributed by atoms with Crippen molar-refractivity contribution in [3.05, 3.63) is 22.5 Å². The van der Waals surface area contributed by atoms with E-state index >= 15 is 0 Å². The first-order valence-electron chi connectivity index (χ1n) is 5.13. The molecule has 0 saturated carbocycles. The maximum Gasteiger partial charge on any atom is 0.106 e. The molecule has 0 radical (unpaired) electrons. The number of anilines is 1. The van der Waals surface area contributed by atoms with E-state index in [1.54, 1.807) is 0 Å². The Balaban J connectivity index is 3.07. The zero-order chi connectivity index (χ0) is 11.3. The van der Waals surface area contributed by atoms with Crippen molar-refractivity contribution in [3.63, 3.8) is 0 Å². The lowest BCUT2D eigenvalue weighted by Crippen LogP contribution is -2.00. The van der Waals surface area contributed by atoms with Crippen LogP contribution in [0.2, 0.25) is 0 Å². The Morgan fingerprint density at radius 1 is 1.00 bits per heavy atom. The fourth-order valence-electron chi connectivity index (χ4n) is 2.09. The van der Waals surface area contributed by atoms with E-state index in [2.05, 4.69) is 23.4 Å². The van der Waals surface area contributed by atoms with Gasteiger partial charge in [0.2, 0.25) is 0 Å². The van der Waals surface area contributed by atoms with Crippen LogP contribution in [0.1, 0.15) is 22.5 Å². The Bertz CT molecular complexity index is 550. The average Bonchev–Trinajstić information content (AvgIpc) is 2.50. The van der Waals surface area contributed by atoms with E-state index in [9.17, 15) is 0 Å². The molecule has 1 aromatic heterocycles. The number of aryl methyl sites for hydroxylation is 4. The molecule has 1 aromatic carbocycles. The van der Waals surface area contributed by atoms with Crippen LogP contribution in [0, 0.1) is 27.7 Å². The van der Waals surface area contributed by atoms with Gasteiger partial charge in [-0.15, -0.1) is 0 Å². The summed E-state index contributed by atoms with van der Waals surface area (Å²) in [5, 5.41) is 0. The van der Waals surface area contributed by atoms with E-state index in [0.29, 0.717) is 0 Å². The van der Waals surface area contributed by atoms with Crippen LogP contribution in [0.25, 0.3) is 11.0 Å². The number of aromatic nitrogens is 2. The number of hydrogen-bond donors (Lipinski definition) is 1. The first-order valence-corrected chi connectivity index (χ1v) is 5.13. The van der Waals surface area contributed by atoms with Gasteiger partial charge in [-0.2, -0.15) is 0 Å². The lowest BCUT2D eigenvalue weighted by atomic mass is 10.0. The monoisotopic (exact) mass is 203 g/mol. The summed E-state index contributed by atoms with van der Waals surface area (Å²) < 4.78 is 2.13. The Labute approximate surface area is 89.9 Å². The Morgan fingerprint density at radius 3 is 2.20 bits per heavy atom. The predicted octanol–water partition coefficient (Wildman–Crippen LogP) is 2.39. The third kappa shape index (κ3) is 1.16. The van der Waals surface area contributed by atoms with Crippen LogP contribution in [0.15, 0.2) is 0 Å². The summed E-state index contributed by atoms with van der Waals surface area (Å²) in [5.41, 5.74) is 12.7. The molecule has 3 nitrogen and oxygen atoms in total. The number of benzene rings is 1. The highest BCUT2D eigenvalue weighted by Crippen LogP contribution is 2.30. The molecule has 0 spiro atoms. The lowest BCUT2D eigenvalue weighted by molar-refractivity contribution is 0.882. The van der Waals surface area contributed by atoms with E-state index in [0.717, 1.165) is 22.6 Å². The largest absolute Gasteiger partial charge is 0.398 e. The Hall–Kier alpha value is -1.51. The summed E-state index contributed by atoms with van der Waals surface area (Å²) in [6.45, 7) is 8.23. The smallest absolute Gasteiger partial charge is 0.106 e. The Morgan fingerprint density at radius 2 is 1.60 bits per heavy atom.